The van der Waals surface area contributed by atoms with Gasteiger partial charge in [-0.1, -0.05) is 25.0 Å². The molecule has 0 radical (unpaired) electrons. The molecule has 1 saturated heterocycles. The van der Waals surface area contributed by atoms with Gasteiger partial charge in [0.1, 0.15) is 11.6 Å². The number of aryl methyl sites for hydroxylation is 1. The average Bonchev–Trinajstić information content (AvgIpc) is 3.90. The summed E-state index contributed by atoms with van der Waals surface area (Å²) in [6, 6.07) is 11.3. The summed E-state index contributed by atoms with van der Waals surface area (Å²) in [6.07, 6.45) is 21.6. The van der Waals surface area contributed by atoms with E-state index in [1.165, 1.54) is 36.8 Å². The van der Waals surface area contributed by atoms with E-state index in [0.717, 1.165) is 92.5 Å². The Hall–Kier alpha value is -4.18. The van der Waals surface area contributed by atoms with Crippen LogP contribution in [0.4, 0.5) is 10.6 Å². The Morgan fingerprint density at radius 1 is 0.981 bits per heavy atom. The molecule has 1 aromatic carbocycles. The van der Waals surface area contributed by atoms with E-state index in [9.17, 15) is 14.7 Å². The smallest absolute Gasteiger partial charge is 0.414 e. The minimum Gasteiger partial charge on any atom is -0.496 e. The minimum absolute atomic E-state index is 0.0593. The van der Waals surface area contributed by atoms with E-state index in [2.05, 4.69) is 42.1 Å². The van der Waals surface area contributed by atoms with E-state index in [0.29, 0.717) is 25.7 Å². The molecule has 5 aliphatic carbocycles. The van der Waals surface area contributed by atoms with Gasteiger partial charge in [0.25, 0.3) is 0 Å². The molecule has 53 heavy (non-hydrogen) atoms. The second-order valence-corrected chi connectivity index (χ2v) is 16.8. The molecule has 2 aromatic heterocycles. The number of carbonyl (C=O) groups is 2. The highest BCUT2D eigenvalue weighted by Crippen LogP contribution is 2.58. The number of benzene rings is 1. The number of aliphatic hydroxyl groups excluding tert-OH is 1. The first-order valence-electron chi connectivity index (χ1n) is 20.0. The number of hydrogen-bond donors (Lipinski definition) is 1. The lowest BCUT2D eigenvalue weighted by Crippen LogP contribution is -2.52. The number of allylic oxidation sites excluding steroid dienone is 1. The van der Waals surface area contributed by atoms with Crippen LogP contribution in [0.15, 0.2) is 60.8 Å². The number of ether oxygens (including phenoxy) is 2. The van der Waals surface area contributed by atoms with Gasteiger partial charge in [0.05, 0.1) is 25.6 Å². The molecule has 2 amide bonds. The number of carbonyl (C=O) groups excluding carboxylic acids is 2. The number of amides is 2. The Labute approximate surface area is 313 Å². The van der Waals surface area contributed by atoms with Crippen LogP contribution in [0.3, 0.4) is 0 Å². The highest BCUT2D eigenvalue weighted by molar-refractivity contribution is 5.95. The normalized spacial score (nSPS) is 26.0. The molecule has 10 nitrogen and oxygen atoms in total. The van der Waals surface area contributed by atoms with Gasteiger partial charge in [0, 0.05) is 56.0 Å². The Balaban J connectivity index is 0.997. The van der Waals surface area contributed by atoms with Crippen molar-refractivity contribution in [1.29, 1.82) is 0 Å². The molecule has 6 aliphatic rings. The summed E-state index contributed by atoms with van der Waals surface area (Å²) in [5.41, 5.74) is 6.04. The van der Waals surface area contributed by atoms with Gasteiger partial charge in [0.15, 0.2) is 0 Å². The SMILES string of the molecule is COc1ccc(C23CCC(CN(C(=O)C4CCC(=COC(=O)N5CC(CO)C5)CC4)c4cc(-c5cnn(C6CCCC6)c5)ccn4)(CC2)CC3)cc1C. The quantitative estimate of drug-likeness (QED) is 0.211. The maximum absolute atomic E-state index is 14.7. The van der Waals surface area contributed by atoms with Gasteiger partial charge in [-0.3, -0.25) is 14.4 Å². The number of aromatic nitrogens is 3. The molecule has 9 rings (SSSR count). The number of hydrogen-bond acceptors (Lipinski definition) is 7. The van der Waals surface area contributed by atoms with Crippen molar-refractivity contribution >= 4 is 17.8 Å². The number of nitrogens with zero attached hydrogens (tertiary/aromatic N) is 5. The Bertz CT molecular complexity index is 1800. The second kappa shape index (κ2) is 14.9. The fourth-order valence-electron chi connectivity index (χ4n) is 9.97. The van der Waals surface area contributed by atoms with E-state index in [1.807, 2.05) is 23.4 Å². The topological polar surface area (TPSA) is 110 Å². The summed E-state index contributed by atoms with van der Waals surface area (Å²) in [6.45, 7) is 3.98. The van der Waals surface area contributed by atoms with E-state index >= 15 is 0 Å². The van der Waals surface area contributed by atoms with Crippen LogP contribution in [0, 0.1) is 24.2 Å². The first-order valence-corrected chi connectivity index (χ1v) is 20.0. The lowest BCUT2D eigenvalue weighted by atomic mass is 9.51. The molecule has 0 spiro atoms. The van der Waals surface area contributed by atoms with Gasteiger partial charge < -0.3 is 19.5 Å². The van der Waals surface area contributed by atoms with Crippen molar-refractivity contribution in [3.63, 3.8) is 0 Å². The molecule has 3 aromatic rings. The Kier molecular flexibility index (Phi) is 10.1. The summed E-state index contributed by atoms with van der Waals surface area (Å²) in [7, 11) is 1.74. The number of likely N-dealkylation sites (tertiary alicyclic amines) is 1. The van der Waals surface area contributed by atoms with Crippen LogP contribution >= 0.6 is 0 Å². The molecule has 1 N–H and O–H groups in total. The average molecular weight is 722 g/mol. The molecule has 3 heterocycles. The number of aliphatic hydroxyl groups is 1. The maximum atomic E-state index is 14.7. The maximum Gasteiger partial charge on any atom is 0.414 e. The van der Waals surface area contributed by atoms with E-state index in [-0.39, 0.29) is 41.3 Å². The zero-order chi connectivity index (χ0) is 36.6. The van der Waals surface area contributed by atoms with Gasteiger partial charge in [-0.05, 0) is 135 Å². The minimum atomic E-state index is -0.364. The highest BCUT2D eigenvalue weighted by atomic mass is 16.5. The molecular weight excluding hydrogens is 667 g/mol. The molecule has 6 fully saturated rings. The van der Waals surface area contributed by atoms with Gasteiger partial charge >= 0.3 is 6.09 Å². The van der Waals surface area contributed by atoms with Crippen molar-refractivity contribution in [2.45, 2.75) is 108 Å². The summed E-state index contributed by atoms with van der Waals surface area (Å²) in [4.78, 5) is 35.7. The van der Waals surface area contributed by atoms with Crippen molar-refractivity contribution in [1.82, 2.24) is 19.7 Å². The highest BCUT2D eigenvalue weighted by Gasteiger charge is 2.51. The number of rotatable bonds is 10. The van der Waals surface area contributed by atoms with Crippen LogP contribution in [0.1, 0.15) is 107 Å². The van der Waals surface area contributed by atoms with Crippen molar-refractivity contribution in [3.8, 4) is 16.9 Å². The number of methoxy groups -OCH3 is 1. The molecular formula is C43H55N5O5. The van der Waals surface area contributed by atoms with Crippen LogP contribution in [0.2, 0.25) is 0 Å². The lowest BCUT2D eigenvalue weighted by Gasteiger charge is -2.55. The van der Waals surface area contributed by atoms with E-state index < -0.39 is 0 Å². The number of pyridine rings is 1. The first-order chi connectivity index (χ1) is 25.8. The third kappa shape index (κ3) is 7.23. The van der Waals surface area contributed by atoms with Crippen LogP contribution in [0.25, 0.3) is 11.1 Å². The van der Waals surface area contributed by atoms with E-state index in [4.69, 9.17) is 19.6 Å². The third-order valence-electron chi connectivity index (χ3n) is 13.6. The second-order valence-electron chi connectivity index (χ2n) is 16.8. The largest absolute Gasteiger partial charge is 0.496 e. The van der Waals surface area contributed by atoms with Gasteiger partial charge in [-0.25, -0.2) is 9.78 Å². The molecule has 282 valence electrons. The first kappa shape index (κ1) is 35.8. The molecule has 0 unspecified atom stereocenters. The van der Waals surface area contributed by atoms with Gasteiger partial charge in [-0.2, -0.15) is 5.10 Å². The fraction of sp³-hybridized carbons (Fsp3) is 0.581. The fourth-order valence-corrected chi connectivity index (χ4v) is 9.97. The van der Waals surface area contributed by atoms with Crippen LogP contribution in [-0.4, -0.2) is 70.1 Å². The Morgan fingerprint density at radius 2 is 1.72 bits per heavy atom. The molecule has 1 aliphatic heterocycles. The summed E-state index contributed by atoms with van der Waals surface area (Å²) >= 11 is 0. The van der Waals surface area contributed by atoms with Crippen LogP contribution < -0.4 is 9.64 Å². The van der Waals surface area contributed by atoms with Crippen LogP contribution in [0.5, 0.6) is 5.75 Å². The van der Waals surface area contributed by atoms with Crippen molar-refractivity contribution in [2.24, 2.45) is 17.3 Å². The monoisotopic (exact) mass is 721 g/mol. The lowest BCUT2D eigenvalue weighted by molar-refractivity contribution is -0.123. The summed E-state index contributed by atoms with van der Waals surface area (Å²) in [5, 5.41) is 14.0. The molecule has 5 saturated carbocycles. The van der Waals surface area contributed by atoms with Gasteiger partial charge in [-0.15, -0.1) is 0 Å². The van der Waals surface area contributed by atoms with Crippen LogP contribution in [-0.2, 0) is 14.9 Å². The standard InChI is InChI=1S/C43H55N5O5/c1-30-21-36(11-12-38(30)52-2)43-17-14-42(15-18-43,16-19-43)29-47(39-22-34(13-20-44-39)35-23-45-48(26-35)37-5-3-4-6-37)40(50)33-9-7-31(8-10-33)28-53-41(51)46-24-32(25-46)27-49/h11-13,20-23,26,28,32-33,37,49H,3-10,14-19,24-25,27,29H2,1-2H3. The third-order valence-corrected chi connectivity index (χ3v) is 13.6. The molecule has 0 atom stereocenters. The number of anilines is 1. The zero-order valence-electron chi connectivity index (χ0n) is 31.5. The summed E-state index contributed by atoms with van der Waals surface area (Å²) < 4.78 is 13.2. The number of fused-ring (bicyclic) bond motifs is 3. The van der Waals surface area contributed by atoms with Gasteiger partial charge in [0.2, 0.25) is 5.91 Å². The predicted octanol–water partition coefficient (Wildman–Crippen LogP) is 8.14. The molecule has 2 bridgehead atoms. The molecule has 10 heteroatoms. The van der Waals surface area contributed by atoms with Crippen molar-refractivity contribution < 1.29 is 24.2 Å². The van der Waals surface area contributed by atoms with Crippen molar-refractivity contribution in [2.75, 3.05) is 38.3 Å². The zero-order valence-corrected chi connectivity index (χ0v) is 31.5. The summed E-state index contributed by atoms with van der Waals surface area (Å²) in [5.74, 6) is 1.85. The van der Waals surface area contributed by atoms with Crippen molar-refractivity contribution in [3.05, 3.63) is 71.9 Å². The predicted molar refractivity (Wildman–Crippen MR) is 204 cm³/mol. The van der Waals surface area contributed by atoms with E-state index in [1.54, 1.807) is 18.3 Å². The Morgan fingerprint density at radius 3 is 2.40 bits per heavy atom.